The molecule has 1 fully saturated rings. The number of hydrogen-bond acceptors (Lipinski definition) is 2. The Balaban J connectivity index is 1.37. The maximum absolute atomic E-state index is 12.5. The third-order valence-electron chi connectivity index (χ3n) is 4.93. The third-order valence-corrected chi connectivity index (χ3v) is 4.93. The van der Waals surface area contributed by atoms with Crippen LogP contribution in [-0.2, 0) is 11.2 Å². The molecule has 1 atom stereocenters. The van der Waals surface area contributed by atoms with Crippen LogP contribution in [-0.4, -0.2) is 38.8 Å². The van der Waals surface area contributed by atoms with Gasteiger partial charge in [0, 0.05) is 54.4 Å². The van der Waals surface area contributed by atoms with Gasteiger partial charge in [0.2, 0.25) is 5.91 Å². The SMILES string of the molecule is Cc1cnc(C2CCN(C(=O)CCc3c[nH]c4ccccc34)C2)[nH]1. The van der Waals surface area contributed by atoms with Gasteiger partial charge in [-0.3, -0.25) is 4.79 Å². The van der Waals surface area contributed by atoms with Gasteiger partial charge in [0.1, 0.15) is 5.82 Å². The first kappa shape index (κ1) is 15.0. The quantitative estimate of drug-likeness (QED) is 0.775. The summed E-state index contributed by atoms with van der Waals surface area (Å²) in [4.78, 5) is 25.5. The standard InChI is InChI=1S/C19H22N4O/c1-13-10-21-19(22-13)15-8-9-23(12-15)18(24)7-6-14-11-20-17-5-3-2-4-16(14)17/h2-5,10-11,15,20H,6-9,12H2,1H3,(H,21,22). The molecule has 1 unspecified atom stereocenters. The number of carbonyl (C=O) groups excluding carboxylic acids is 1. The summed E-state index contributed by atoms with van der Waals surface area (Å²) < 4.78 is 0. The summed E-state index contributed by atoms with van der Waals surface area (Å²) in [6.45, 7) is 3.62. The van der Waals surface area contributed by atoms with E-state index >= 15 is 0 Å². The second-order valence-electron chi connectivity index (χ2n) is 6.64. The molecule has 2 N–H and O–H groups in total. The largest absolute Gasteiger partial charge is 0.361 e. The number of nitrogens with zero attached hydrogens (tertiary/aromatic N) is 2. The average Bonchev–Trinajstić information content (AvgIpc) is 3.31. The molecule has 1 aliphatic rings. The van der Waals surface area contributed by atoms with Crippen molar-refractivity contribution in [1.29, 1.82) is 0 Å². The minimum atomic E-state index is 0.242. The van der Waals surface area contributed by atoms with E-state index in [0.717, 1.165) is 43.0 Å². The van der Waals surface area contributed by atoms with Crippen LogP contribution in [0.4, 0.5) is 0 Å². The van der Waals surface area contributed by atoms with E-state index < -0.39 is 0 Å². The molecule has 1 amide bonds. The van der Waals surface area contributed by atoms with Crippen molar-refractivity contribution in [3.05, 3.63) is 53.7 Å². The van der Waals surface area contributed by atoms with Crippen molar-refractivity contribution in [2.24, 2.45) is 0 Å². The smallest absolute Gasteiger partial charge is 0.222 e. The zero-order valence-electron chi connectivity index (χ0n) is 13.9. The van der Waals surface area contributed by atoms with Crippen LogP contribution in [0, 0.1) is 6.92 Å². The number of fused-ring (bicyclic) bond motifs is 1. The molecule has 0 bridgehead atoms. The van der Waals surface area contributed by atoms with Gasteiger partial charge in [-0.15, -0.1) is 0 Å². The molecule has 1 aliphatic heterocycles. The van der Waals surface area contributed by atoms with E-state index in [4.69, 9.17) is 0 Å². The third kappa shape index (κ3) is 2.82. The van der Waals surface area contributed by atoms with Crippen LogP contribution in [0.3, 0.4) is 0 Å². The van der Waals surface area contributed by atoms with Crippen LogP contribution in [0.25, 0.3) is 10.9 Å². The number of benzene rings is 1. The normalized spacial score (nSPS) is 17.7. The van der Waals surface area contributed by atoms with E-state index in [1.54, 1.807) is 0 Å². The number of nitrogens with one attached hydrogen (secondary N) is 2. The molecule has 3 heterocycles. The number of H-pyrrole nitrogens is 2. The first-order valence-electron chi connectivity index (χ1n) is 8.55. The van der Waals surface area contributed by atoms with E-state index in [1.165, 1.54) is 10.9 Å². The van der Waals surface area contributed by atoms with Crippen molar-refractivity contribution in [3.8, 4) is 0 Å². The number of imidazole rings is 1. The van der Waals surface area contributed by atoms with Crippen molar-refractivity contribution in [2.45, 2.75) is 32.1 Å². The highest BCUT2D eigenvalue weighted by Crippen LogP contribution is 2.26. The van der Waals surface area contributed by atoms with Crippen LogP contribution in [0.2, 0.25) is 0 Å². The molecule has 0 aliphatic carbocycles. The van der Waals surface area contributed by atoms with E-state index in [1.807, 2.05) is 36.4 Å². The fourth-order valence-corrected chi connectivity index (χ4v) is 3.59. The van der Waals surface area contributed by atoms with Crippen molar-refractivity contribution < 1.29 is 4.79 Å². The number of para-hydroxylation sites is 1. The van der Waals surface area contributed by atoms with Gasteiger partial charge in [-0.2, -0.15) is 0 Å². The average molecular weight is 322 g/mol. The number of aromatic nitrogens is 3. The zero-order chi connectivity index (χ0) is 16.5. The summed E-state index contributed by atoms with van der Waals surface area (Å²) in [6, 6.07) is 8.24. The Morgan fingerprint density at radius 3 is 3.08 bits per heavy atom. The molecule has 1 aromatic carbocycles. The molecule has 24 heavy (non-hydrogen) atoms. The first-order valence-corrected chi connectivity index (χ1v) is 8.55. The maximum Gasteiger partial charge on any atom is 0.222 e. The van der Waals surface area contributed by atoms with Crippen LogP contribution in [0.5, 0.6) is 0 Å². The lowest BCUT2D eigenvalue weighted by molar-refractivity contribution is -0.130. The Hall–Kier alpha value is -2.56. The Morgan fingerprint density at radius 1 is 1.38 bits per heavy atom. The monoisotopic (exact) mass is 322 g/mol. The summed E-state index contributed by atoms with van der Waals surface area (Å²) in [5.74, 6) is 1.60. The van der Waals surface area contributed by atoms with E-state index in [2.05, 4.69) is 27.1 Å². The van der Waals surface area contributed by atoms with E-state index in [-0.39, 0.29) is 5.91 Å². The van der Waals surface area contributed by atoms with Crippen molar-refractivity contribution in [3.63, 3.8) is 0 Å². The van der Waals surface area contributed by atoms with E-state index in [9.17, 15) is 4.79 Å². The van der Waals surface area contributed by atoms with Gasteiger partial charge in [0.15, 0.2) is 0 Å². The molecule has 0 radical (unpaired) electrons. The molecular weight excluding hydrogens is 300 g/mol. The van der Waals surface area contributed by atoms with Gasteiger partial charge >= 0.3 is 0 Å². The molecule has 2 aromatic heterocycles. The molecule has 0 spiro atoms. The van der Waals surface area contributed by atoms with Gasteiger partial charge in [-0.05, 0) is 31.4 Å². The molecule has 4 rings (SSSR count). The topological polar surface area (TPSA) is 64.8 Å². The summed E-state index contributed by atoms with van der Waals surface area (Å²) in [5.41, 5.74) is 3.43. The Kier molecular flexibility index (Phi) is 3.84. The Bertz CT molecular complexity index is 863. The molecule has 0 saturated carbocycles. The lowest BCUT2D eigenvalue weighted by Gasteiger charge is -2.16. The number of carbonyl (C=O) groups is 1. The number of aryl methyl sites for hydroxylation is 2. The second-order valence-corrected chi connectivity index (χ2v) is 6.64. The zero-order valence-corrected chi connectivity index (χ0v) is 13.9. The predicted octanol–water partition coefficient (Wildman–Crippen LogP) is 3.15. The highest BCUT2D eigenvalue weighted by atomic mass is 16.2. The molecular formula is C19H22N4O. The fraction of sp³-hybridized carbons (Fsp3) is 0.368. The Morgan fingerprint density at radius 2 is 2.25 bits per heavy atom. The summed E-state index contributed by atoms with van der Waals surface area (Å²) in [7, 11) is 0. The van der Waals surface area contributed by atoms with Crippen LogP contribution in [0.1, 0.15) is 35.8 Å². The highest BCUT2D eigenvalue weighted by molar-refractivity contribution is 5.84. The summed E-state index contributed by atoms with van der Waals surface area (Å²) >= 11 is 0. The maximum atomic E-state index is 12.5. The van der Waals surface area contributed by atoms with Crippen LogP contribution < -0.4 is 0 Å². The van der Waals surface area contributed by atoms with Gasteiger partial charge in [-0.25, -0.2) is 4.98 Å². The number of hydrogen-bond donors (Lipinski definition) is 2. The molecule has 5 nitrogen and oxygen atoms in total. The summed E-state index contributed by atoms with van der Waals surface area (Å²) in [5, 5.41) is 1.22. The molecule has 3 aromatic rings. The fourth-order valence-electron chi connectivity index (χ4n) is 3.59. The predicted molar refractivity (Wildman–Crippen MR) is 93.9 cm³/mol. The number of likely N-dealkylation sites (tertiary alicyclic amines) is 1. The van der Waals surface area contributed by atoms with Gasteiger partial charge in [0.05, 0.1) is 0 Å². The van der Waals surface area contributed by atoms with Crippen molar-refractivity contribution in [2.75, 3.05) is 13.1 Å². The van der Waals surface area contributed by atoms with E-state index in [0.29, 0.717) is 12.3 Å². The van der Waals surface area contributed by atoms with Gasteiger partial charge in [0.25, 0.3) is 0 Å². The number of aromatic amines is 2. The minimum Gasteiger partial charge on any atom is -0.361 e. The molecule has 1 saturated heterocycles. The van der Waals surface area contributed by atoms with Gasteiger partial charge < -0.3 is 14.9 Å². The second kappa shape index (κ2) is 6.15. The van der Waals surface area contributed by atoms with Gasteiger partial charge in [-0.1, -0.05) is 18.2 Å². The van der Waals surface area contributed by atoms with Crippen LogP contribution >= 0.6 is 0 Å². The highest BCUT2D eigenvalue weighted by Gasteiger charge is 2.28. The molecule has 5 heteroatoms. The number of rotatable bonds is 4. The first-order chi connectivity index (χ1) is 11.7. The lowest BCUT2D eigenvalue weighted by atomic mass is 10.1. The Labute approximate surface area is 141 Å². The lowest BCUT2D eigenvalue weighted by Crippen LogP contribution is -2.28. The molecule has 124 valence electrons. The summed E-state index contributed by atoms with van der Waals surface area (Å²) in [6.07, 6.45) is 6.22. The van der Waals surface area contributed by atoms with Crippen molar-refractivity contribution in [1.82, 2.24) is 19.9 Å². The minimum absolute atomic E-state index is 0.242. The van der Waals surface area contributed by atoms with Crippen LogP contribution in [0.15, 0.2) is 36.7 Å². The van der Waals surface area contributed by atoms with Crippen molar-refractivity contribution >= 4 is 16.8 Å². The number of amides is 1.